The van der Waals surface area contributed by atoms with E-state index >= 15 is 0 Å². The Morgan fingerprint density at radius 2 is 1.69 bits per heavy atom. The minimum atomic E-state index is -4.57. The van der Waals surface area contributed by atoms with Crippen LogP contribution in [0.5, 0.6) is 11.5 Å². The molecule has 1 aliphatic rings. The second-order valence-corrected chi connectivity index (χ2v) is 10.3. The summed E-state index contributed by atoms with van der Waals surface area (Å²) < 4.78 is 70.9. The lowest BCUT2D eigenvalue weighted by Crippen LogP contribution is -2.20. The van der Waals surface area contributed by atoms with Crippen LogP contribution in [0.15, 0.2) is 82.8 Å². The predicted octanol–water partition coefficient (Wildman–Crippen LogP) is 5.47. The first-order chi connectivity index (χ1) is 17.1. The molecule has 0 aliphatic carbocycles. The first kappa shape index (κ1) is 23.8. The van der Waals surface area contributed by atoms with Crippen molar-refractivity contribution in [1.82, 2.24) is 10.3 Å². The molecular formula is C26H20F3N3O3S. The third-order valence-electron chi connectivity index (χ3n) is 5.72. The maximum atomic E-state index is 13.7. The van der Waals surface area contributed by atoms with Gasteiger partial charge in [-0.3, -0.25) is 9.98 Å². The van der Waals surface area contributed by atoms with Gasteiger partial charge in [0, 0.05) is 35.5 Å². The minimum absolute atomic E-state index is 0.114. The number of hydrogen-bond donors (Lipinski definition) is 1. The second kappa shape index (κ2) is 8.94. The molecule has 1 N–H and O–H groups in total. The molecule has 1 aliphatic heterocycles. The topological polar surface area (TPSA) is 80.7 Å². The number of amidine groups is 1. The number of pyridine rings is 1. The van der Waals surface area contributed by atoms with Crippen molar-refractivity contribution >= 4 is 26.6 Å². The van der Waals surface area contributed by atoms with E-state index in [4.69, 9.17) is 4.74 Å². The van der Waals surface area contributed by atoms with Crippen LogP contribution < -0.4 is 10.1 Å². The van der Waals surface area contributed by atoms with Crippen molar-refractivity contribution in [3.63, 3.8) is 0 Å². The summed E-state index contributed by atoms with van der Waals surface area (Å²) in [4.78, 5) is 8.73. The van der Waals surface area contributed by atoms with Gasteiger partial charge in [-0.05, 0) is 42.0 Å². The lowest BCUT2D eigenvalue weighted by molar-refractivity contribution is -0.136. The van der Waals surface area contributed by atoms with E-state index < -0.39 is 21.6 Å². The van der Waals surface area contributed by atoms with Gasteiger partial charge in [-0.15, -0.1) is 0 Å². The maximum Gasteiger partial charge on any atom is 0.418 e. The van der Waals surface area contributed by atoms with E-state index in [1.165, 1.54) is 24.4 Å². The largest absolute Gasteiger partial charge is 0.457 e. The fraction of sp³-hybridized carbons (Fsp3) is 0.154. The molecule has 4 aromatic rings. The number of para-hydroxylation sites is 1. The van der Waals surface area contributed by atoms with Crippen molar-refractivity contribution in [3.05, 3.63) is 84.1 Å². The van der Waals surface area contributed by atoms with Crippen molar-refractivity contribution in [2.24, 2.45) is 4.99 Å². The van der Waals surface area contributed by atoms with Gasteiger partial charge in [-0.25, -0.2) is 8.42 Å². The third kappa shape index (κ3) is 4.64. The number of nitrogens with zero attached hydrogens (tertiary/aromatic N) is 2. The molecule has 36 heavy (non-hydrogen) atoms. The summed E-state index contributed by atoms with van der Waals surface area (Å²) in [5, 5.41) is 3.50. The van der Waals surface area contributed by atoms with Crippen LogP contribution in [0.3, 0.4) is 0 Å². The van der Waals surface area contributed by atoms with Crippen molar-refractivity contribution in [2.75, 3.05) is 19.3 Å². The quantitative estimate of drug-likeness (QED) is 0.385. The van der Waals surface area contributed by atoms with E-state index in [9.17, 15) is 21.6 Å². The number of hydrogen-bond acceptors (Lipinski definition) is 6. The predicted molar refractivity (Wildman–Crippen MR) is 131 cm³/mol. The Kier molecular flexibility index (Phi) is 5.91. The molecule has 0 saturated heterocycles. The summed E-state index contributed by atoms with van der Waals surface area (Å²) in [7, 11) is -3.42. The Bertz CT molecular complexity index is 1620. The van der Waals surface area contributed by atoms with E-state index in [0.29, 0.717) is 52.5 Å². The van der Waals surface area contributed by atoms with Crippen molar-refractivity contribution in [2.45, 2.75) is 11.1 Å². The molecule has 3 aromatic carbocycles. The Hall–Kier alpha value is -3.92. The highest BCUT2D eigenvalue weighted by molar-refractivity contribution is 7.90. The number of nitrogens with one attached hydrogen (secondary N) is 1. The Morgan fingerprint density at radius 1 is 0.972 bits per heavy atom. The summed E-state index contributed by atoms with van der Waals surface area (Å²) in [5.74, 6) is 1.27. The van der Waals surface area contributed by atoms with Crippen LogP contribution in [-0.2, 0) is 16.0 Å². The number of rotatable bonds is 5. The smallest absolute Gasteiger partial charge is 0.418 e. The standard InChI is InChI=1S/C26H20F3N3O3S/c1-36(33,34)19-8-3-7-18(14-19)35-17-6-2-5-16(13-17)23-20-9-4-10-22(26(27,28)29)24(20)32-15-21(23)25-30-11-12-31-25/h2-10,13-15H,11-12H2,1H3,(H,30,31). The minimum Gasteiger partial charge on any atom is -0.457 e. The zero-order valence-electron chi connectivity index (χ0n) is 19.0. The summed E-state index contributed by atoms with van der Waals surface area (Å²) in [6.45, 7) is 1.17. The Labute approximate surface area is 205 Å². The number of fused-ring (bicyclic) bond motifs is 1. The number of alkyl halides is 3. The lowest BCUT2D eigenvalue weighted by atomic mass is 9.94. The molecule has 2 heterocycles. The normalized spacial score (nSPS) is 13.9. The van der Waals surface area contributed by atoms with E-state index in [2.05, 4.69) is 15.3 Å². The highest BCUT2D eigenvalue weighted by atomic mass is 32.2. The highest BCUT2D eigenvalue weighted by Crippen LogP contribution is 2.39. The van der Waals surface area contributed by atoms with Gasteiger partial charge in [-0.2, -0.15) is 13.2 Å². The van der Waals surface area contributed by atoms with Crippen molar-refractivity contribution in [1.29, 1.82) is 0 Å². The van der Waals surface area contributed by atoms with E-state index in [0.717, 1.165) is 12.3 Å². The molecule has 10 heteroatoms. The molecule has 0 spiro atoms. The first-order valence-electron chi connectivity index (χ1n) is 11.0. The number of benzene rings is 3. The summed E-state index contributed by atoms with van der Waals surface area (Å²) in [6, 6.07) is 17.0. The van der Waals surface area contributed by atoms with Crippen LogP contribution in [-0.4, -0.2) is 38.6 Å². The molecule has 0 unspecified atom stereocenters. The molecule has 0 amide bonds. The van der Waals surface area contributed by atoms with Gasteiger partial charge in [0.05, 0.1) is 22.5 Å². The summed E-state index contributed by atoms with van der Waals surface area (Å²) in [6.07, 6.45) is -2.05. The van der Waals surface area contributed by atoms with Gasteiger partial charge in [0.1, 0.15) is 17.3 Å². The van der Waals surface area contributed by atoms with Crippen LogP contribution >= 0.6 is 0 Å². The molecule has 0 saturated carbocycles. The van der Waals surface area contributed by atoms with Crippen LogP contribution in [0, 0.1) is 0 Å². The molecule has 0 bridgehead atoms. The Balaban J connectivity index is 1.66. The molecule has 5 rings (SSSR count). The van der Waals surface area contributed by atoms with E-state index in [1.807, 2.05) is 0 Å². The van der Waals surface area contributed by atoms with Crippen molar-refractivity contribution in [3.8, 4) is 22.6 Å². The number of aromatic nitrogens is 1. The van der Waals surface area contributed by atoms with Gasteiger partial charge in [-0.1, -0.05) is 30.3 Å². The van der Waals surface area contributed by atoms with Crippen LogP contribution in [0.1, 0.15) is 11.1 Å². The average Bonchev–Trinajstić information content (AvgIpc) is 3.37. The van der Waals surface area contributed by atoms with Crippen LogP contribution in [0.2, 0.25) is 0 Å². The Morgan fingerprint density at radius 3 is 2.39 bits per heavy atom. The van der Waals surface area contributed by atoms with E-state index in [-0.39, 0.29) is 10.4 Å². The first-order valence-corrected chi connectivity index (χ1v) is 12.9. The second-order valence-electron chi connectivity index (χ2n) is 8.28. The average molecular weight is 512 g/mol. The molecule has 6 nitrogen and oxygen atoms in total. The number of sulfone groups is 1. The molecule has 1 aromatic heterocycles. The zero-order valence-corrected chi connectivity index (χ0v) is 19.8. The molecule has 184 valence electrons. The van der Waals surface area contributed by atoms with Gasteiger partial charge >= 0.3 is 6.18 Å². The van der Waals surface area contributed by atoms with Crippen molar-refractivity contribution < 1.29 is 26.3 Å². The zero-order chi connectivity index (χ0) is 25.5. The van der Waals surface area contributed by atoms with Gasteiger partial charge in [0.15, 0.2) is 9.84 Å². The monoisotopic (exact) mass is 511 g/mol. The van der Waals surface area contributed by atoms with Gasteiger partial charge in [0.25, 0.3) is 0 Å². The highest BCUT2D eigenvalue weighted by Gasteiger charge is 2.34. The van der Waals surface area contributed by atoms with E-state index in [1.54, 1.807) is 42.5 Å². The molecule has 0 fully saturated rings. The molecule has 0 radical (unpaired) electrons. The fourth-order valence-corrected chi connectivity index (χ4v) is 4.80. The fourth-order valence-electron chi connectivity index (χ4n) is 4.14. The van der Waals surface area contributed by atoms with Crippen LogP contribution in [0.25, 0.3) is 22.0 Å². The number of halogens is 3. The maximum absolute atomic E-state index is 13.7. The summed E-state index contributed by atoms with van der Waals surface area (Å²) in [5.41, 5.74) is 0.740. The molecule has 0 atom stereocenters. The SMILES string of the molecule is CS(=O)(=O)c1cccc(Oc2cccc(-c3c(C4=NCCN4)cnc4c(C(F)(F)F)cccc34)c2)c1. The number of ether oxygens (including phenoxy) is 1. The van der Waals surface area contributed by atoms with Gasteiger partial charge < -0.3 is 10.1 Å². The molecular weight excluding hydrogens is 491 g/mol. The van der Waals surface area contributed by atoms with Gasteiger partial charge in [0.2, 0.25) is 0 Å². The summed E-state index contributed by atoms with van der Waals surface area (Å²) >= 11 is 0. The lowest BCUT2D eigenvalue weighted by Gasteiger charge is -2.17. The van der Waals surface area contributed by atoms with Crippen LogP contribution in [0.4, 0.5) is 13.2 Å². The number of aliphatic imine (C=N–C) groups is 1. The third-order valence-corrected chi connectivity index (χ3v) is 6.83.